The second kappa shape index (κ2) is 10.7. The highest BCUT2D eigenvalue weighted by atomic mass is 16.5. The van der Waals surface area contributed by atoms with Gasteiger partial charge in [0.1, 0.15) is 5.56 Å². The summed E-state index contributed by atoms with van der Waals surface area (Å²) in [6.45, 7) is 0. The normalized spacial score (nSPS) is 10.5. The maximum atomic E-state index is 13.7. The molecule has 1 amide bonds. The summed E-state index contributed by atoms with van der Waals surface area (Å²) in [6, 6.07) is 22.2. The van der Waals surface area contributed by atoms with Gasteiger partial charge in [-0.2, -0.15) is 5.10 Å². The van der Waals surface area contributed by atoms with E-state index in [1.165, 1.54) is 39.5 Å². The van der Waals surface area contributed by atoms with Gasteiger partial charge in [-0.3, -0.25) is 9.59 Å². The average molecular weight is 498 g/mol. The highest BCUT2D eigenvalue weighted by Crippen LogP contribution is 2.32. The minimum absolute atomic E-state index is 0.0246. The topological polar surface area (TPSA) is 117 Å². The van der Waals surface area contributed by atoms with Gasteiger partial charge in [-0.05, 0) is 23.8 Å². The van der Waals surface area contributed by atoms with Gasteiger partial charge >= 0.3 is 11.9 Å². The molecule has 186 valence electrons. The van der Waals surface area contributed by atoms with E-state index in [9.17, 15) is 19.2 Å². The smallest absolute Gasteiger partial charge is 0.337 e. The van der Waals surface area contributed by atoms with Crippen molar-refractivity contribution in [3.05, 3.63) is 106 Å². The molecule has 9 nitrogen and oxygen atoms in total. The van der Waals surface area contributed by atoms with Crippen molar-refractivity contribution in [2.24, 2.45) is 7.05 Å². The van der Waals surface area contributed by atoms with Crippen LogP contribution >= 0.6 is 0 Å². The Morgan fingerprint density at radius 2 is 1.30 bits per heavy atom. The molecule has 9 heteroatoms. The number of carbonyl (C=O) groups is 3. The number of aromatic nitrogens is 2. The summed E-state index contributed by atoms with van der Waals surface area (Å²) in [5, 5.41) is 7.13. The molecule has 0 unspecified atom stereocenters. The number of anilines is 1. The minimum atomic E-state index is -0.739. The largest absolute Gasteiger partial charge is 0.465 e. The Kier molecular flexibility index (Phi) is 7.24. The number of nitrogens with zero attached hydrogens (tertiary/aromatic N) is 2. The van der Waals surface area contributed by atoms with Crippen molar-refractivity contribution in [2.75, 3.05) is 19.5 Å². The number of methoxy groups -OCH3 is 2. The quantitative estimate of drug-likeness (QED) is 0.401. The first kappa shape index (κ1) is 25.1. The molecule has 1 heterocycles. The predicted molar refractivity (Wildman–Crippen MR) is 137 cm³/mol. The molecule has 0 aliphatic heterocycles. The van der Waals surface area contributed by atoms with Crippen LogP contribution in [0.4, 0.5) is 5.69 Å². The number of carbonyl (C=O) groups excluding carboxylic acids is 3. The Morgan fingerprint density at radius 1 is 0.784 bits per heavy atom. The van der Waals surface area contributed by atoms with Crippen LogP contribution in [0.3, 0.4) is 0 Å². The second-order valence-electron chi connectivity index (χ2n) is 8.00. The first-order valence-electron chi connectivity index (χ1n) is 11.2. The number of benzene rings is 3. The molecule has 0 aliphatic carbocycles. The SMILES string of the molecule is COC(=O)c1cc(NC(=O)c2c(-c3ccccc3)c(-c3ccccc3)nn(C)c2=O)cc(C(=O)OC)c1. The summed E-state index contributed by atoms with van der Waals surface area (Å²) < 4.78 is 10.6. The number of ether oxygens (including phenoxy) is 2. The van der Waals surface area contributed by atoms with Crippen LogP contribution in [0.2, 0.25) is 0 Å². The molecule has 4 rings (SSSR count). The highest BCUT2D eigenvalue weighted by Gasteiger charge is 2.25. The molecule has 1 N–H and O–H groups in total. The molecule has 0 atom stereocenters. The van der Waals surface area contributed by atoms with E-state index in [1.54, 1.807) is 24.3 Å². The Bertz CT molecular complexity index is 1510. The Morgan fingerprint density at radius 3 is 1.81 bits per heavy atom. The molecule has 0 spiro atoms. The number of hydrogen-bond acceptors (Lipinski definition) is 7. The van der Waals surface area contributed by atoms with Crippen molar-refractivity contribution in [1.29, 1.82) is 0 Å². The van der Waals surface area contributed by atoms with E-state index in [1.807, 2.05) is 36.4 Å². The molecule has 37 heavy (non-hydrogen) atoms. The third-order valence-electron chi connectivity index (χ3n) is 5.61. The maximum Gasteiger partial charge on any atom is 0.337 e. The van der Waals surface area contributed by atoms with Crippen molar-refractivity contribution in [2.45, 2.75) is 0 Å². The van der Waals surface area contributed by atoms with E-state index in [2.05, 4.69) is 10.4 Å². The molecule has 0 bridgehead atoms. The monoisotopic (exact) mass is 497 g/mol. The van der Waals surface area contributed by atoms with Crippen molar-refractivity contribution >= 4 is 23.5 Å². The fraction of sp³-hybridized carbons (Fsp3) is 0.107. The average Bonchev–Trinajstić information content (AvgIpc) is 2.93. The first-order valence-corrected chi connectivity index (χ1v) is 11.2. The van der Waals surface area contributed by atoms with E-state index in [4.69, 9.17) is 9.47 Å². The van der Waals surface area contributed by atoms with Crippen LogP contribution in [0.1, 0.15) is 31.1 Å². The van der Waals surface area contributed by atoms with Crippen LogP contribution in [0.15, 0.2) is 83.7 Å². The standard InChI is InChI=1S/C28H23N3O6/c1-31-26(33)23(22(17-10-6-4-7-11-17)24(30-31)18-12-8-5-9-13-18)25(32)29-21-15-19(27(34)36-2)14-20(16-21)28(35)37-3/h4-16H,1-3H3,(H,29,32). The van der Waals surface area contributed by atoms with Crippen LogP contribution in [0.25, 0.3) is 22.4 Å². The van der Waals surface area contributed by atoms with Gasteiger partial charge in [0.25, 0.3) is 11.5 Å². The van der Waals surface area contributed by atoms with Crippen LogP contribution in [-0.2, 0) is 16.5 Å². The van der Waals surface area contributed by atoms with E-state index in [-0.39, 0.29) is 22.4 Å². The molecule has 4 aromatic rings. The predicted octanol–water partition coefficient (Wildman–Crippen LogP) is 3.94. The van der Waals surface area contributed by atoms with Gasteiger partial charge in [0.05, 0.1) is 31.0 Å². The van der Waals surface area contributed by atoms with Gasteiger partial charge in [0.15, 0.2) is 0 Å². The van der Waals surface area contributed by atoms with Crippen LogP contribution in [0, 0.1) is 0 Å². The Hall–Kier alpha value is -5.05. The molecule has 0 saturated heterocycles. The third-order valence-corrected chi connectivity index (χ3v) is 5.61. The van der Waals surface area contributed by atoms with E-state index >= 15 is 0 Å². The minimum Gasteiger partial charge on any atom is -0.465 e. The lowest BCUT2D eigenvalue weighted by atomic mass is 9.95. The second-order valence-corrected chi connectivity index (χ2v) is 8.00. The Labute approximate surface area is 212 Å². The number of esters is 2. The van der Waals surface area contributed by atoms with Crippen molar-refractivity contribution in [3.8, 4) is 22.4 Å². The molecular formula is C28H23N3O6. The fourth-order valence-corrected chi connectivity index (χ4v) is 3.89. The number of nitrogens with one attached hydrogen (secondary N) is 1. The lowest BCUT2D eigenvalue weighted by molar-refractivity contribution is 0.0599. The molecule has 0 saturated carbocycles. The lowest BCUT2D eigenvalue weighted by Gasteiger charge is -2.16. The van der Waals surface area contributed by atoms with Crippen LogP contribution in [-0.4, -0.2) is 41.8 Å². The van der Waals surface area contributed by atoms with Gasteiger partial charge < -0.3 is 14.8 Å². The summed E-state index contributed by atoms with van der Waals surface area (Å²) in [4.78, 5) is 51.3. The maximum absolute atomic E-state index is 13.7. The molecule has 0 aliphatic rings. The molecule has 0 fully saturated rings. The summed E-state index contributed by atoms with van der Waals surface area (Å²) in [5.41, 5.74) is 1.52. The van der Waals surface area contributed by atoms with E-state index < -0.39 is 23.4 Å². The summed E-state index contributed by atoms with van der Waals surface area (Å²) in [6.07, 6.45) is 0. The molecule has 0 radical (unpaired) electrons. The summed E-state index contributed by atoms with van der Waals surface area (Å²) >= 11 is 0. The number of rotatable bonds is 6. The van der Waals surface area contributed by atoms with E-state index in [0.29, 0.717) is 22.4 Å². The zero-order valence-electron chi connectivity index (χ0n) is 20.3. The lowest BCUT2D eigenvalue weighted by Crippen LogP contribution is -2.31. The number of hydrogen-bond donors (Lipinski definition) is 1. The van der Waals surface area contributed by atoms with Crippen LogP contribution < -0.4 is 10.9 Å². The first-order chi connectivity index (χ1) is 17.8. The van der Waals surface area contributed by atoms with Crippen molar-refractivity contribution < 1.29 is 23.9 Å². The van der Waals surface area contributed by atoms with Crippen molar-refractivity contribution in [1.82, 2.24) is 9.78 Å². The van der Waals surface area contributed by atoms with E-state index in [0.717, 1.165) is 4.68 Å². The number of aryl methyl sites for hydroxylation is 1. The van der Waals surface area contributed by atoms with Gasteiger partial charge in [-0.15, -0.1) is 0 Å². The highest BCUT2D eigenvalue weighted by molar-refractivity contribution is 6.11. The number of amides is 1. The fourth-order valence-electron chi connectivity index (χ4n) is 3.89. The van der Waals surface area contributed by atoms with Gasteiger partial charge in [0, 0.05) is 23.9 Å². The van der Waals surface area contributed by atoms with Gasteiger partial charge in [0.2, 0.25) is 0 Å². The third kappa shape index (κ3) is 5.15. The zero-order chi connectivity index (χ0) is 26.5. The molecule has 3 aromatic carbocycles. The zero-order valence-corrected chi connectivity index (χ0v) is 20.3. The summed E-state index contributed by atoms with van der Waals surface area (Å²) in [5.74, 6) is -2.16. The molecular weight excluding hydrogens is 474 g/mol. The Balaban J connectivity index is 1.91. The van der Waals surface area contributed by atoms with Gasteiger partial charge in [-0.1, -0.05) is 60.7 Å². The molecule has 1 aromatic heterocycles. The van der Waals surface area contributed by atoms with Crippen LogP contribution in [0.5, 0.6) is 0 Å². The van der Waals surface area contributed by atoms with Crippen molar-refractivity contribution in [3.63, 3.8) is 0 Å². The summed E-state index contributed by atoms with van der Waals surface area (Å²) in [7, 11) is 3.86. The van der Waals surface area contributed by atoms with Gasteiger partial charge in [-0.25, -0.2) is 14.3 Å².